The average Bonchev–Trinajstić information content (AvgIpc) is 3.57. The zero-order valence-electron chi connectivity index (χ0n) is 18.5. The van der Waals surface area contributed by atoms with Crippen LogP contribution in [0.15, 0.2) is 72.9 Å². The molecular weight excluding hydrogens is 426 g/mol. The van der Waals surface area contributed by atoms with E-state index >= 15 is 0 Å². The van der Waals surface area contributed by atoms with Crippen LogP contribution in [0.25, 0.3) is 0 Å². The Morgan fingerprint density at radius 1 is 0.912 bits per heavy atom. The van der Waals surface area contributed by atoms with Crippen molar-refractivity contribution in [2.75, 3.05) is 18.0 Å². The number of hydrogen-bond donors (Lipinski definition) is 0. The van der Waals surface area contributed by atoms with E-state index in [1.165, 1.54) is 0 Å². The van der Waals surface area contributed by atoms with Gasteiger partial charge in [0.05, 0.1) is 29.6 Å². The summed E-state index contributed by atoms with van der Waals surface area (Å²) in [4.78, 5) is 33.7. The summed E-state index contributed by atoms with van der Waals surface area (Å²) < 4.78 is 0. The second-order valence-electron chi connectivity index (χ2n) is 8.94. The normalized spacial score (nSPS) is 23.6. The molecule has 2 amide bonds. The van der Waals surface area contributed by atoms with Gasteiger partial charge < -0.3 is 0 Å². The zero-order valence-corrected chi connectivity index (χ0v) is 18.5. The molecule has 3 atom stereocenters. The SMILES string of the molecule is N#Cc1ccc([C@@H]2[C@@H](C(=O)N3CCc4cccnc43)[C@@H](c3ccccc3)N3CCC(=O)N23)cc1. The molecule has 7 nitrogen and oxygen atoms in total. The Kier molecular flexibility index (Phi) is 4.89. The van der Waals surface area contributed by atoms with Gasteiger partial charge in [0.2, 0.25) is 11.8 Å². The number of hydrazine groups is 1. The first-order valence-electron chi connectivity index (χ1n) is 11.6. The highest BCUT2D eigenvalue weighted by Gasteiger charge is 2.57. The quantitative estimate of drug-likeness (QED) is 0.612. The number of fused-ring (bicyclic) bond motifs is 2. The molecule has 0 saturated carbocycles. The average molecular weight is 450 g/mol. The minimum atomic E-state index is -0.507. The van der Waals surface area contributed by atoms with Gasteiger partial charge in [-0.1, -0.05) is 48.5 Å². The Hall–Kier alpha value is -4.02. The molecule has 3 aliphatic heterocycles. The lowest BCUT2D eigenvalue weighted by atomic mass is 9.83. The molecule has 0 spiro atoms. The fraction of sp³-hybridized carbons (Fsp3) is 0.259. The van der Waals surface area contributed by atoms with Crippen LogP contribution in [0.5, 0.6) is 0 Å². The predicted octanol–water partition coefficient (Wildman–Crippen LogP) is 3.40. The molecule has 4 heterocycles. The van der Waals surface area contributed by atoms with Gasteiger partial charge in [0.1, 0.15) is 5.82 Å². The number of amides is 2. The number of anilines is 1. The van der Waals surface area contributed by atoms with Gasteiger partial charge >= 0.3 is 0 Å². The van der Waals surface area contributed by atoms with Crippen LogP contribution in [0, 0.1) is 17.2 Å². The molecule has 3 aromatic rings. The van der Waals surface area contributed by atoms with Crippen molar-refractivity contribution in [3.63, 3.8) is 0 Å². The van der Waals surface area contributed by atoms with Crippen LogP contribution in [0.4, 0.5) is 5.82 Å². The van der Waals surface area contributed by atoms with Crippen molar-refractivity contribution in [3.8, 4) is 6.07 Å². The summed E-state index contributed by atoms with van der Waals surface area (Å²) in [6.45, 7) is 1.15. The maximum Gasteiger partial charge on any atom is 0.238 e. The molecule has 0 bridgehead atoms. The predicted molar refractivity (Wildman–Crippen MR) is 125 cm³/mol. The topological polar surface area (TPSA) is 80.5 Å². The van der Waals surface area contributed by atoms with Gasteiger partial charge in [-0.3, -0.25) is 19.5 Å². The Morgan fingerprint density at radius 3 is 2.44 bits per heavy atom. The summed E-state index contributed by atoms with van der Waals surface area (Å²) in [5, 5.41) is 13.1. The van der Waals surface area contributed by atoms with Crippen molar-refractivity contribution in [3.05, 3.63) is 95.2 Å². The molecular formula is C27H23N5O2. The molecule has 2 saturated heterocycles. The standard InChI is InChI=1S/C27H23N5O2/c28-17-18-8-10-20(11-9-18)25-23(27(34)30-15-12-21-7-4-14-29-26(21)30)24(19-5-2-1-3-6-19)31-16-13-22(33)32(25)31/h1-11,14,23-25H,12-13,15-16H2/t23-,24+,25+/m0/s1. The number of nitrogens with zero attached hydrogens (tertiary/aromatic N) is 5. The highest BCUT2D eigenvalue weighted by atomic mass is 16.2. The smallest absolute Gasteiger partial charge is 0.238 e. The molecule has 6 rings (SSSR count). The number of nitriles is 1. The number of carbonyl (C=O) groups is 2. The van der Waals surface area contributed by atoms with E-state index in [1.807, 2.05) is 54.6 Å². The second-order valence-corrected chi connectivity index (χ2v) is 8.94. The molecule has 34 heavy (non-hydrogen) atoms. The van der Waals surface area contributed by atoms with Gasteiger partial charge in [0, 0.05) is 25.7 Å². The number of aromatic nitrogens is 1. The summed E-state index contributed by atoms with van der Waals surface area (Å²) in [6.07, 6.45) is 2.91. The number of pyridine rings is 1. The molecule has 2 fully saturated rings. The van der Waals surface area contributed by atoms with Crippen molar-refractivity contribution in [1.29, 1.82) is 5.26 Å². The van der Waals surface area contributed by atoms with Crippen molar-refractivity contribution in [2.24, 2.45) is 5.92 Å². The number of carbonyl (C=O) groups excluding carboxylic acids is 2. The van der Waals surface area contributed by atoms with Crippen LogP contribution in [0.1, 0.15) is 40.8 Å². The molecule has 7 heteroatoms. The number of hydrogen-bond acceptors (Lipinski definition) is 5. The molecule has 0 aliphatic carbocycles. The molecule has 2 aromatic carbocycles. The van der Waals surface area contributed by atoms with Gasteiger partial charge in [-0.2, -0.15) is 5.26 Å². The van der Waals surface area contributed by atoms with E-state index in [-0.39, 0.29) is 17.9 Å². The first-order chi connectivity index (χ1) is 16.7. The number of benzene rings is 2. The molecule has 1 aromatic heterocycles. The zero-order chi connectivity index (χ0) is 23.2. The van der Waals surface area contributed by atoms with Crippen molar-refractivity contribution < 1.29 is 9.59 Å². The molecule has 0 unspecified atom stereocenters. The molecule has 0 N–H and O–H groups in total. The fourth-order valence-corrected chi connectivity index (χ4v) is 5.68. The van der Waals surface area contributed by atoms with Crippen LogP contribution in [0.2, 0.25) is 0 Å². The third kappa shape index (κ3) is 3.11. The highest BCUT2D eigenvalue weighted by Crippen LogP contribution is 2.52. The first-order valence-corrected chi connectivity index (χ1v) is 11.6. The van der Waals surface area contributed by atoms with Crippen LogP contribution in [-0.2, 0) is 16.0 Å². The maximum atomic E-state index is 14.3. The maximum absolute atomic E-state index is 14.3. The largest absolute Gasteiger partial charge is 0.296 e. The summed E-state index contributed by atoms with van der Waals surface area (Å²) in [7, 11) is 0. The Bertz CT molecular complexity index is 1300. The van der Waals surface area contributed by atoms with Crippen LogP contribution in [-0.4, -0.2) is 39.9 Å². The van der Waals surface area contributed by atoms with Crippen LogP contribution >= 0.6 is 0 Å². The third-order valence-corrected chi connectivity index (χ3v) is 7.15. The van der Waals surface area contributed by atoms with Crippen LogP contribution in [0.3, 0.4) is 0 Å². The monoisotopic (exact) mass is 449 g/mol. The Balaban J connectivity index is 1.50. The van der Waals surface area contributed by atoms with Gasteiger partial charge in [-0.15, -0.1) is 0 Å². The van der Waals surface area contributed by atoms with Crippen LogP contribution < -0.4 is 4.90 Å². The third-order valence-electron chi connectivity index (χ3n) is 7.15. The minimum Gasteiger partial charge on any atom is -0.296 e. The van der Waals surface area contributed by atoms with E-state index in [0.29, 0.717) is 30.9 Å². The summed E-state index contributed by atoms with van der Waals surface area (Å²) >= 11 is 0. The van der Waals surface area contributed by atoms with E-state index in [0.717, 1.165) is 23.1 Å². The van der Waals surface area contributed by atoms with Gasteiger partial charge in [0.15, 0.2) is 0 Å². The van der Waals surface area contributed by atoms with E-state index in [2.05, 4.69) is 16.1 Å². The summed E-state index contributed by atoms with van der Waals surface area (Å²) in [6, 6.07) is 22.6. The van der Waals surface area contributed by atoms with E-state index in [9.17, 15) is 14.9 Å². The van der Waals surface area contributed by atoms with Gasteiger partial charge in [-0.25, -0.2) is 9.99 Å². The van der Waals surface area contributed by atoms with E-state index < -0.39 is 12.0 Å². The Morgan fingerprint density at radius 2 is 1.68 bits per heavy atom. The van der Waals surface area contributed by atoms with Crippen molar-refractivity contribution in [2.45, 2.75) is 24.9 Å². The second kappa shape index (κ2) is 8.08. The molecule has 0 radical (unpaired) electrons. The summed E-state index contributed by atoms with van der Waals surface area (Å²) in [5.74, 6) is 0.201. The van der Waals surface area contributed by atoms with Gasteiger partial charge in [0.25, 0.3) is 0 Å². The van der Waals surface area contributed by atoms with Crippen molar-refractivity contribution in [1.82, 2.24) is 15.0 Å². The lowest BCUT2D eigenvalue weighted by molar-refractivity contribution is -0.139. The lowest BCUT2D eigenvalue weighted by Gasteiger charge is -2.29. The summed E-state index contributed by atoms with van der Waals surface area (Å²) in [5.41, 5.74) is 3.48. The number of rotatable bonds is 3. The van der Waals surface area contributed by atoms with E-state index in [4.69, 9.17) is 0 Å². The highest BCUT2D eigenvalue weighted by molar-refractivity contribution is 5.98. The van der Waals surface area contributed by atoms with E-state index in [1.54, 1.807) is 28.2 Å². The molecule has 3 aliphatic rings. The molecule has 168 valence electrons. The first kappa shape index (κ1) is 20.6. The lowest BCUT2D eigenvalue weighted by Crippen LogP contribution is -2.40. The fourth-order valence-electron chi connectivity index (χ4n) is 5.68. The van der Waals surface area contributed by atoms with Gasteiger partial charge in [-0.05, 0) is 41.3 Å². The minimum absolute atomic E-state index is 0.0190. The van der Waals surface area contributed by atoms with Crippen molar-refractivity contribution >= 4 is 17.6 Å². The Labute approximate surface area is 197 Å².